The Balaban J connectivity index is 1.70. The Bertz CT molecular complexity index is 1090. The van der Waals surface area contributed by atoms with Crippen molar-refractivity contribution in [1.29, 1.82) is 0 Å². The van der Waals surface area contributed by atoms with Crippen LogP contribution in [0.3, 0.4) is 0 Å². The monoisotopic (exact) mass is 388 g/mol. The number of benzene rings is 3. The first-order valence-corrected chi connectivity index (χ1v) is 8.64. The van der Waals surface area contributed by atoms with Crippen LogP contribution in [0.15, 0.2) is 77.0 Å². The molecule has 3 aromatic carbocycles. The number of carbonyl (C=O) groups excluding carboxylic acids is 1. The molecule has 0 N–H and O–H groups in total. The van der Waals surface area contributed by atoms with Crippen LogP contribution in [-0.2, 0) is 0 Å². The van der Waals surface area contributed by atoms with E-state index in [1.54, 1.807) is 12.1 Å². The lowest BCUT2D eigenvalue weighted by atomic mass is 10.2. The lowest BCUT2D eigenvalue weighted by Gasteiger charge is -2.11. The summed E-state index contributed by atoms with van der Waals surface area (Å²) in [4.78, 5) is 17.4. The molecule has 144 valence electrons. The predicted molar refractivity (Wildman–Crippen MR) is 109 cm³/mol. The molecule has 0 spiro atoms. The van der Waals surface area contributed by atoms with Crippen molar-refractivity contribution in [2.45, 2.75) is 0 Å². The number of esters is 1. The maximum Gasteiger partial charge on any atom is 0.346 e. The quantitative estimate of drug-likeness (QED) is 0.230. The van der Waals surface area contributed by atoms with E-state index in [-0.39, 0.29) is 17.0 Å². The van der Waals surface area contributed by atoms with E-state index in [4.69, 9.17) is 11.3 Å². The third kappa shape index (κ3) is 5.02. The molecule has 29 heavy (non-hydrogen) atoms. The Hall–Kier alpha value is -4.05. The fourth-order valence-corrected chi connectivity index (χ4v) is 2.42. The van der Waals surface area contributed by atoms with Crippen molar-refractivity contribution in [3.63, 3.8) is 0 Å². The van der Waals surface area contributed by atoms with Gasteiger partial charge in [0.2, 0.25) is 0 Å². The molecule has 0 fully saturated rings. The minimum Gasteiger partial charge on any atom is -0.423 e. The van der Waals surface area contributed by atoms with Gasteiger partial charge in [0.15, 0.2) is 5.69 Å². The zero-order valence-corrected chi connectivity index (χ0v) is 15.8. The zero-order chi connectivity index (χ0) is 20.8. The highest BCUT2D eigenvalue weighted by Crippen LogP contribution is 2.24. The number of carbonyl (C=O) groups is 1. The highest BCUT2D eigenvalue weighted by atomic mass is 19.1. The number of rotatable bonds is 5. The zero-order valence-electron chi connectivity index (χ0n) is 15.8. The molecule has 0 radical (unpaired) electrons. The van der Waals surface area contributed by atoms with E-state index >= 15 is 0 Å². The maximum absolute atomic E-state index is 14.3. The van der Waals surface area contributed by atoms with Crippen LogP contribution in [0.25, 0.3) is 4.85 Å². The van der Waals surface area contributed by atoms with E-state index in [2.05, 4.69) is 15.1 Å². The van der Waals surface area contributed by atoms with Gasteiger partial charge in [-0.15, -0.1) is 0 Å². The molecular weight excluding hydrogens is 371 g/mol. The molecule has 6 nitrogen and oxygen atoms in total. The predicted octanol–water partition coefficient (Wildman–Crippen LogP) is 6.08. The van der Waals surface area contributed by atoms with E-state index < -0.39 is 11.8 Å². The molecule has 3 aromatic rings. The Morgan fingerprint density at radius 3 is 2.17 bits per heavy atom. The van der Waals surface area contributed by atoms with Crippen molar-refractivity contribution in [1.82, 2.24) is 0 Å². The normalized spacial score (nSPS) is 10.6. The number of nitrogens with zero attached hydrogens (tertiary/aromatic N) is 4. The van der Waals surface area contributed by atoms with E-state index in [1.165, 1.54) is 36.4 Å². The first kappa shape index (κ1) is 19.7. The fraction of sp³-hybridized carbons (Fsp3) is 0.0909. The van der Waals surface area contributed by atoms with Crippen molar-refractivity contribution in [2.24, 2.45) is 10.2 Å². The molecule has 0 aromatic heterocycles. The van der Waals surface area contributed by atoms with Crippen LogP contribution in [-0.4, -0.2) is 20.1 Å². The molecule has 0 aliphatic carbocycles. The van der Waals surface area contributed by atoms with Crippen molar-refractivity contribution < 1.29 is 13.9 Å². The molecule has 7 heteroatoms. The summed E-state index contributed by atoms with van der Waals surface area (Å²) >= 11 is 0. The van der Waals surface area contributed by atoms with Crippen LogP contribution in [0.5, 0.6) is 5.75 Å². The van der Waals surface area contributed by atoms with E-state index in [0.717, 1.165) is 11.8 Å². The summed E-state index contributed by atoms with van der Waals surface area (Å²) in [6.07, 6.45) is 0. The number of anilines is 1. The number of ether oxygens (including phenoxy) is 1. The van der Waals surface area contributed by atoms with Crippen LogP contribution < -0.4 is 9.64 Å². The smallest absolute Gasteiger partial charge is 0.346 e. The Kier molecular flexibility index (Phi) is 5.95. The maximum atomic E-state index is 14.3. The van der Waals surface area contributed by atoms with Gasteiger partial charge in [-0.1, -0.05) is 12.1 Å². The molecule has 0 bridgehead atoms. The van der Waals surface area contributed by atoms with Crippen molar-refractivity contribution >= 4 is 28.7 Å². The molecule has 0 saturated heterocycles. The number of azo groups is 1. The third-order valence-corrected chi connectivity index (χ3v) is 4.00. The molecule has 3 rings (SSSR count). The SMILES string of the molecule is [C-]#[N+]c1ccc(OC(=O)c2ccc(N=Nc3ccc(N(C)C)cc3)cc2F)cc1. The van der Waals surface area contributed by atoms with E-state index in [1.807, 2.05) is 31.1 Å². The highest BCUT2D eigenvalue weighted by molar-refractivity contribution is 5.91. The van der Waals surface area contributed by atoms with Gasteiger partial charge in [-0.2, -0.15) is 10.2 Å². The molecule has 0 atom stereocenters. The summed E-state index contributed by atoms with van der Waals surface area (Å²) < 4.78 is 19.5. The van der Waals surface area contributed by atoms with Gasteiger partial charge in [0, 0.05) is 25.8 Å². The van der Waals surface area contributed by atoms with Gasteiger partial charge in [0.1, 0.15) is 11.6 Å². The van der Waals surface area contributed by atoms with Gasteiger partial charge in [0.05, 0.1) is 23.5 Å². The van der Waals surface area contributed by atoms with Gasteiger partial charge < -0.3 is 9.64 Å². The minimum absolute atomic E-state index is 0.214. The van der Waals surface area contributed by atoms with Crippen molar-refractivity contribution in [3.05, 3.63) is 89.5 Å². The summed E-state index contributed by atoms with van der Waals surface area (Å²) in [6, 6.07) is 17.3. The molecule has 0 heterocycles. The summed E-state index contributed by atoms with van der Waals surface area (Å²) in [5.74, 6) is -1.36. The summed E-state index contributed by atoms with van der Waals surface area (Å²) in [7, 11) is 3.88. The molecule has 0 aliphatic rings. The largest absolute Gasteiger partial charge is 0.423 e. The van der Waals surface area contributed by atoms with Crippen LogP contribution >= 0.6 is 0 Å². The van der Waals surface area contributed by atoms with E-state index in [0.29, 0.717) is 11.4 Å². The second kappa shape index (κ2) is 8.76. The number of hydrogen-bond acceptors (Lipinski definition) is 5. The number of halogens is 1. The van der Waals surface area contributed by atoms with Crippen LogP contribution in [0.1, 0.15) is 10.4 Å². The number of hydrogen-bond donors (Lipinski definition) is 0. The molecular formula is C22H17FN4O2. The average Bonchev–Trinajstić information content (AvgIpc) is 2.73. The Morgan fingerprint density at radius 2 is 1.59 bits per heavy atom. The lowest BCUT2D eigenvalue weighted by Crippen LogP contribution is -2.10. The topological polar surface area (TPSA) is 58.6 Å². The van der Waals surface area contributed by atoms with Gasteiger partial charge in [-0.25, -0.2) is 14.0 Å². The Morgan fingerprint density at radius 1 is 0.966 bits per heavy atom. The van der Waals surface area contributed by atoms with Gasteiger partial charge in [0.25, 0.3) is 0 Å². The van der Waals surface area contributed by atoms with Crippen molar-refractivity contribution in [2.75, 3.05) is 19.0 Å². The first-order valence-electron chi connectivity index (χ1n) is 8.64. The summed E-state index contributed by atoms with van der Waals surface area (Å²) in [6.45, 7) is 6.90. The van der Waals surface area contributed by atoms with Gasteiger partial charge >= 0.3 is 5.97 Å². The van der Waals surface area contributed by atoms with Crippen molar-refractivity contribution in [3.8, 4) is 5.75 Å². The molecule has 0 aliphatic heterocycles. The molecule has 0 saturated carbocycles. The second-order valence-electron chi connectivity index (χ2n) is 6.27. The van der Waals surface area contributed by atoms with E-state index in [9.17, 15) is 9.18 Å². The first-order chi connectivity index (χ1) is 14.0. The molecule has 0 amide bonds. The Labute approximate surface area is 167 Å². The second-order valence-corrected chi connectivity index (χ2v) is 6.27. The standard InChI is InChI=1S/C22H17FN4O2/c1-24-15-6-11-19(12-7-15)29-22(28)20-13-8-17(14-21(20)23)26-25-16-4-9-18(10-5-16)27(2)3/h4-14H,2-3H3. The molecule has 0 unspecified atom stereocenters. The minimum atomic E-state index is -0.833. The third-order valence-electron chi connectivity index (χ3n) is 4.00. The van der Waals surface area contributed by atoms with Gasteiger partial charge in [-0.3, -0.25) is 0 Å². The fourth-order valence-electron chi connectivity index (χ4n) is 2.42. The average molecular weight is 388 g/mol. The highest BCUT2D eigenvalue weighted by Gasteiger charge is 2.15. The van der Waals surface area contributed by atoms with Crippen LogP contribution in [0.4, 0.5) is 27.1 Å². The summed E-state index contributed by atoms with van der Waals surface area (Å²) in [5, 5.41) is 8.08. The lowest BCUT2D eigenvalue weighted by molar-refractivity contribution is 0.0730. The van der Waals surface area contributed by atoms with Gasteiger partial charge in [-0.05, 0) is 48.5 Å². The van der Waals surface area contributed by atoms with Crippen LogP contribution in [0, 0.1) is 12.4 Å². The summed E-state index contributed by atoms with van der Waals surface area (Å²) in [5.41, 5.74) is 2.14. The van der Waals surface area contributed by atoms with Crippen LogP contribution in [0.2, 0.25) is 0 Å².